The zero-order chi connectivity index (χ0) is 27.9. The third kappa shape index (κ3) is 5.41. The molecule has 0 fully saturated rings. The number of ketones is 1. The third-order valence-electron chi connectivity index (χ3n) is 6.35. The number of Topliss-reactive ketones (excluding diaryl/α,β-unsaturated/α-hetero) is 1. The molecule has 2 aromatic rings. The largest absolute Gasteiger partial charge is 0.488 e. The minimum atomic E-state index is -0.995. The zero-order valence-electron chi connectivity index (χ0n) is 23.0. The highest BCUT2D eigenvalue weighted by molar-refractivity contribution is 6.67. The maximum Gasteiger partial charge on any atom is 0.381 e. The smallest absolute Gasteiger partial charge is 0.381 e. The number of quaternary nitrogens is 1. The van der Waals surface area contributed by atoms with Crippen molar-refractivity contribution in [1.29, 1.82) is 0 Å². The molecule has 200 valence electrons. The van der Waals surface area contributed by atoms with Crippen LogP contribution < -0.4 is 9.22 Å². The normalized spacial score (nSPS) is 20.2. The maximum absolute atomic E-state index is 13.7. The number of carbonyl (C=O) groups excluding carboxylic acids is 3. The molecule has 8 nitrogen and oxygen atoms in total. The van der Waals surface area contributed by atoms with Crippen molar-refractivity contribution in [2.45, 2.75) is 71.8 Å². The highest BCUT2D eigenvalue weighted by Crippen LogP contribution is 2.46. The van der Waals surface area contributed by atoms with E-state index in [4.69, 9.17) is 9.47 Å². The van der Waals surface area contributed by atoms with E-state index in [1.54, 1.807) is 6.07 Å². The van der Waals surface area contributed by atoms with Crippen LogP contribution in [0.15, 0.2) is 59.9 Å². The van der Waals surface area contributed by atoms with Gasteiger partial charge in [0.15, 0.2) is 5.69 Å². The molecule has 2 unspecified atom stereocenters. The lowest BCUT2D eigenvalue weighted by Gasteiger charge is -2.37. The first-order chi connectivity index (χ1) is 17.7. The molecule has 2 atom stereocenters. The Hall–Kier alpha value is -3.78. The van der Waals surface area contributed by atoms with Gasteiger partial charge in [0.25, 0.3) is 5.78 Å². The van der Waals surface area contributed by atoms with E-state index in [0.717, 1.165) is 29.7 Å². The maximum atomic E-state index is 13.7. The van der Waals surface area contributed by atoms with Gasteiger partial charge in [-0.1, -0.05) is 12.1 Å². The average Bonchev–Trinajstić information content (AvgIpc) is 3.04. The minimum absolute atomic E-state index is 0.0105. The number of esters is 2. The minimum Gasteiger partial charge on any atom is -0.488 e. The molecule has 2 aliphatic rings. The molecule has 0 saturated heterocycles. The summed E-state index contributed by atoms with van der Waals surface area (Å²) in [7, 11) is 1.16. The zero-order valence-corrected chi connectivity index (χ0v) is 23.0. The highest BCUT2D eigenvalue weighted by Gasteiger charge is 2.54. The lowest BCUT2D eigenvalue weighted by molar-refractivity contribution is -0.159. The van der Waals surface area contributed by atoms with E-state index in [0.29, 0.717) is 18.5 Å². The second-order valence-corrected chi connectivity index (χ2v) is 11.6. The quantitative estimate of drug-likeness (QED) is 0.313. The number of benzene rings is 2. The van der Waals surface area contributed by atoms with Crippen LogP contribution >= 0.6 is 0 Å². The molecular weight excluding hydrogens is 484 g/mol. The number of para-hydroxylation sites is 1. The van der Waals surface area contributed by atoms with Crippen molar-refractivity contribution >= 4 is 29.1 Å². The van der Waals surface area contributed by atoms with Gasteiger partial charge >= 0.3 is 11.9 Å². The monoisotopic (exact) mass is 519 g/mol. The fourth-order valence-electron chi connectivity index (χ4n) is 5.01. The summed E-state index contributed by atoms with van der Waals surface area (Å²) in [4.78, 5) is 43.1. The predicted molar refractivity (Wildman–Crippen MR) is 145 cm³/mol. The molecule has 8 heteroatoms. The topological polar surface area (TPSA) is 91.3 Å². The Kier molecular flexibility index (Phi) is 7.05. The second kappa shape index (κ2) is 9.83. The molecule has 2 aromatic carbocycles. The van der Waals surface area contributed by atoms with Crippen LogP contribution in [0.2, 0.25) is 0 Å². The molecule has 4 rings (SSSR count). The van der Waals surface area contributed by atoms with Crippen molar-refractivity contribution in [1.82, 2.24) is 4.48 Å². The Morgan fingerprint density at radius 2 is 1.66 bits per heavy atom. The Bertz CT molecular complexity index is 1330. The predicted octanol–water partition coefficient (Wildman–Crippen LogP) is 4.65. The fourth-order valence-corrected chi connectivity index (χ4v) is 5.01. The standard InChI is InChI=1S/C30H35N2O6/c1-29(2,3)37-21-13-11-19(12-14-21)18-32-16-15-31-24(26(33)28(35)36-7)22-10-8-9-20(25(22)32)17-23(32)27(34)38-30(4,5)6/h8-16,23H,17-18H2,1-7H3/q+1. The van der Waals surface area contributed by atoms with Gasteiger partial charge in [0.2, 0.25) is 6.04 Å². The molecule has 0 aliphatic carbocycles. The number of hydrogen-bond donors (Lipinski definition) is 0. The number of rotatable bonds is 6. The van der Waals surface area contributed by atoms with Crippen molar-refractivity contribution in [3.63, 3.8) is 0 Å². The summed E-state index contributed by atoms with van der Waals surface area (Å²) >= 11 is 0. The first-order valence-corrected chi connectivity index (χ1v) is 12.6. The number of carbonyl (C=O) groups is 3. The van der Waals surface area contributed by atoms with Crippen LogP contribution in [0, 0.1) is 0 Å². The molecule has 0 aromatic heterocycles. The summed E-state index contributed by atoms with van der Waals surface area (Å²) in [5, 5.41) is 0. The number of ether oxygens (including phenoxy) is 3. The molecule has 2 aliphatic heterocycles. The van der Waals surface area contributed by atoms with E-state index >= 15 is 0 Å². The Balaban J connectivity index is 1.84. The van der Waals surface area contributed by atoms with Crippen LogP contribution in [0.5, 0.6) is 5.75 Å². The molecule has 0 saturated carbocycles. The van der Waals surface area contributed by atoms with Crippen molar-refractivity contribution in [2.75, 3.05) is 7.11 Å². The van der Waals surface area contributed by atoms with Crippen LogP contribution in [0.3, 0.4) is 0 Å². The first kappa shape index (κ1) is 27.3. The van der Waals surface area contributed by atoms with Gasteiger partial charge in [-0.05, 0) is 71.9 Å². The van der Waals surface area contributed by atoms with Crippen molar-refractivity contribution in [3.8, 4) is 5.75 Å². The summed E-state index contributed by atoms with van der Waals surface area (Å²) in [6.07, 6.45) is 3.73. The summed E-state index contributed by atoms with van der Waals surface area (Å²) < 4.78 is 16.6. The average molecular weight is 520 g/mol. The third-order valence-corrected chi connectivity index (χ3v) is 6.35. The van der Waals surface area contributed by atoms with E-state index < -0.39 is 23.4 Å². The number of methoxy groups -OCH3 is 1. The van der Waals surface area contributed by atoms with Crippen molar-refractivity contribution in [3.05, 3.63) is 71.6 Å². The molecule has 38 heavy (non-hydrogen) atoms. The summed E-state index contributed by atoms with van der Waals surface area (Å²) in [5.41, 5.74) is 2.08. The van der Waals surface area contributed by atoms with Gasteiger partial charge in [-0.25, -0.2) is 19.1 Å². The van der Waals surface area contributed by atoms with Gasteiger partial charge in [0.1, 0.15) is 35.4 Å². The van der Waals surface area contributed by atoms with E-state index in [2.05, 4.69) is 9.73 Å². The van der Waals surface area contributed by atoms with Crippen LogP contribution in [-0.2, 0) is 36.8 Å². The van der Waals surface area contributed by atoms with Gasteiger partial charge in [0, 0.05) is 17.5 Å². The summed E-state index contributed by atoms with van der Waals surface area (Å²) in [6.45, 7) is 11.9. The van der Waals surface area contributed by atoms with E-state index in [9.17, 15) is 14.4 Å². The van der Waals surface area contributed by atoms with Gasteiger partial charge in [-0.2, -0.15) is 0 Å². The molecule has 0 amide bonds. The van der Waals surface area contributed by atoms with Crippen LogP contribution in [0.25, 0.3) is 0 Å². The second-order valence-electron chi connectivity index (χ2n) is 11.6. The van der Waals surface area contributed by atoms with Crippen LogP contribution in [0.4, 0.5) is 5.69 Å². The number of aliphatic imine (C=N–C) groups is 1. The lowest BCUT2D eigenvalue weighted by Crippen LogP contribution is -2.55. The van der Waals surface area contributed by atoms with Gasteiger partial charge in [0.05, 0.1) is 18.9 Å². The van der Waals surface area contributed by atoms with E-state index in [1.807, 2.05) is 84.1 Å². The molecule has 0 bridgehead atoms. The Morgan fingerprint density at radius 3 is 2.26 bits per heavy atom. The van der Waals surface area contributed by atoms with E-state index in [-0.39, 0.29) is 21.8 Å². The summed E-state index contributed by atoms with van der Waals surface area (Å²) in [6, 6.07) is 12.7. The van der Waals surface area contributed by atoms with Gasteiger partial charge < -0.3 is 14.2 Å². The molecule has 2 heterocycles. The SMILES string of the molecule is COC(=O)C(=O)C1=NC=C[N+]2(Cc3ccc(OC(C)(C)C)cc3)c3c(cccc31)CC2C(=O)OC(C)(C)C. The number of nitrogens with zero attached hydrogens (tertiary/aromatic N) is 2. The van der Waals surface area contributed by atoms with Crippen molar-refractivity contribution in [2.24, 2.45) is 4.99 Å². The Labute approximate surface area is 223 Å². The summed E-state index contributed by atoms with van der Waals surface area (Å²) in [5.74, 6) is -1.44. The highest BCUT2D eigenvalue weighted by atomic mass is 16.6. The van der Waals surface area contributed by atoms with Crippen LogP contribution in [0.1, 0.15) is 58.2 Å². The Morgan fingerprint density at radius 1 is 0.974 bits per heavy atom. The van der Waals surface area contributed by atoms with Gasteiger partial charge in [-0.15, -0.1) is 0 Å². The number of hydrogen-bond acceptors (Lipinski definition) is 7. The molecule has 0 N–H and O–H groups in total. The van der Waals surface area contributed by atoms with E-state index in [1.165, 1.54) is 6.20 Å². The van der Waals surface area contributed by atoms with Crippen molar-refractivity contribution < 1.29 is 28.6 Å². The lowest BCUT2D eigenvalue weighted by atomic mass is 9.99. The molecule has 0 radical (unpaired) electrons. The van der Waals surface area contributed by atoms with Crippen LogP contribution in [-0.4, -0.2) is 47.8 Å². The van der Waals surface area contributed by atoms with Gasteiger partial charge in [-0.3, -0.25) is 4.79 Å². The first-order valence-electron chi connectivity index (χ1n) is 12.6. The molecule has 0 spiro atoms. The molecular formula is C30H35N2O6+. The fraction of sp³-hybridized carbons (Fsp3) is 0.400.